The second kappa shape index (κ2) is 9.40. The smallest absolute Gasteiger partial charge is 0.358 e. The zero-order valence-corrected chi connectivity index (χ0v) is 17.2. The molecule has 1 heterocycles. The Morgan fingerprint density at radius 2 is 1.83 bits per heavy atom. The first kappa shape index (κ1) is 20.6. The van der Waals surface area contributed by atoms with Gasteiger partial charge >= 0.3 is 5.97 Å². The fraction of sp³-hybridized carbons (Fsp3) is 0.150. The number of halogens is 1. The molecule has 0 saturated carbocycles. The van der Waals surface area contributed by atoms with Crippen LogP contribution in [0.2, 0.25) is 5.02 Å². The molecule has 1 aromatic heterocycles. The van der Waals surface area contributed by atoms with Gasteiger partial charge in [-0.2, -0.15) is 0 Å². The molecule has 0 aliphatic rings. The van der Waals surface area contributed by atoms with Crippen molar-refractivity contribution in [3.8, 4) is 22.1 Å². The van der Waals surface area contributed by atoms with Crippen LogP contribution in [0.4, 0.5) is 5.69 Å². The van der Waals surface area contributed by atoms with Crippen LogP contribution in [-0.4, -0.2) is 37.7 Å². The molecule has 1 N–H and O–H groups in total. The van der Waals surface area contributed by atoms with E-state index in [1.54, 1.807) is 41.8 Å². The van der Waals surface area contributed by atoms with E-state index in [4.69, 9.17) is 25.8 Å². The van der Waals surface area contributed by atoms with E-state index in [-0.39, 0.29) is 5.69 Å². The summed E-state index contributed by atoms with van der Waals surface area (Å²) in [6.45, 7) is -0.456. The third-order valence-corrected chi connectivity index (χ3v) is 4.88. The van der Waals surface area contributed by atoms with Crippen LogP contribution in [0.1, 0.15) is 10.5 Å². The van der Waals surface area contributed by atoms with Gasteiger partial charge in [0.2, 0.25) is 0 Å². The van der Waals surface area contributed by atoms with Crippen molar-refractivity contribution in [1.29, 1.82) is 0 Å². The van der Waals surface area contributed by atoms with Crippen LogP contribution in [0.25, 0.3) is 10.6 Å². The van der Waals surface area contributed by atoms with E-state index in [1.807, 2.05) is 6.07 Å². The average molecular weight is 433 g/mol. The summed E-state index contributed by atoms with van der Waals surface area (Å²) in [4.78, 5) is 28.5. The molecule has 3 rings (SSSR count). The van der Waals surface area contributed by atoms with Gasteiger partial charge < -0.3 is 19.5 Å². The number of methoxy groups -OCH3 is 2. The molecule has 29 heavy (non-hydrogen) atoms. The summed E-state index contributed by atoms with van der Waals surface area (Å²) < 4.78 is 15.4. The number of hydrogen-bond donors (Lipinski definition) is 1. The Morgan fingerprint density at radius 3 is 2.48 bits per heavy atom. The molecule has 0 radical (unpaired) electrons. The van der Waals surface area contributed by atoms with Crippen molar-refractivity contribution in [1.82, 2.24) is 4.98 Å². The van der Waals surface area contributed by atoms with Gasteiger partial charge in [0.1, 0.15) is 16.5 Å². The Balaban J connectivity index is 1.59. The van der Waals surface area contributed by atoms with Gasteiger partial charge in [-0.15, -0.1) is 11.3 Å². The number of amides is 1. The number of thiazole rings is 1. The van der Waals surface area contributed by atoms with Crippen molar-refractivity contribution < 1.29 is 23.8 Å². The molecule has 1 amide bonds. The number of nitrogens with one attached hydrogen (secondary N) is 1. The number of rotatable bonds is 7. The zero-order chi connectivity index (χ0) is 20.8. The van der Waals surface area contributed by atoms with Gasteiger partial charge in [-0.1, -0.05) is 23.7 Å². The molecule has 0 unspecified atom stereocenters. The first-order valence-electron chi connectivity index (χ1n) is 8.40. The van der Waals surface area contributed by atoms with E-state index >= 15 is 0 Å². The predicted octanol–water partition coefficient (Wildman–Crippen LogP) is 4.28. The minimum absolute atomic E-state index is 0.126. The maximum Gasteiger partial charge on any atom is 0.358 e. The number of carbonyl (C=O) groups is 2. The predicted molar refractivity (Wildman–Crippen MR) is 111 cm³/mol. The van der Waals surface area contributed by atoms with Crippen LogP contribution < -0.4 is 14.8 Å². The highest BCUT2D eigenvalue weighted by molar-refractivity contribution is 7.13. The summed E-state index contributed by atoms with van der Waals surface area (Å²) >= 11 is 7.26. The standard InChI is InChI=1S/C20H17ClN2O5S/c1-26-15-7-14(8-16(9-15)27-2)22-18(24)10-28-20(25)17-11-29-19(23-17)12-4-3-5-13(21)6-12/h3-9,11H,10H2,1-2H3,(H,22,24). The zero-order valence-electron chi connectivity index (χ0n) is 15.6. The first-order chi connectivity index (χ1) is 14.0. The molecule has 0 spiro atoms. The van der Waals surface area contributed by atoms with Gasteiger partial charge in [-0.05, 0) is 12.1 Å². The lowest BCUT2D eigenvalue weighted by Crippen LogP contribution is -2.21. The number of esters is 1. The summed E-state index contributed by atoms with van der Waals surface area (Å²) in [7, 11) is 3.02. The second-order valence-corrected chi connectivity index (χ2v) is 7.07. The molecule has 0 saturated heterocycles. The quantitative estimate of drug-likeness (QED) is 0.561. The van der Waals surface area contributed by atoms with Crippen LogP contribution in [0, 0.1) is 0 Å². The van der Waals surface area contributed by atoms with Gasteiger partial charge in [0, 0.05) is 39.9 Å². The average Bonchev–Trinajstić information content (AvgIpc) is 3.22. The third-order valence-electron chi connectivity index (χ3n) is 3.75. The SMILES string of the molecule is COc1cc(NC(=O)COC(=O)c2csc(-c3cccc(Cl)c3)n2)cc(OC)c1. The Hall–Kier alpha value is -3.10. The van der Waals surface area contributed by atoms with E-state index in [0.717, 1.165) is 5.56 Å². The number of hydrogen-bond acceptors (Lipinski definition) is 7. The van der Waals surface area contributed by atoms with Crippen molar-refractivity contribution in [3.63, 3.8) is 0 Å². The van der Waals surface area contributed by atoms with Gasteiger partial charge in [0.15, 0.2) is 12.3 Å². The van der Waals surface area contributed by atoms with Crippen LogP contribution in [0.15, 0.2) is 47.8 Å². The van der Waals surface area contributed by atoms with Crippen molar-refractivity contribution >= 4 is 40.5 Å². The maximum atomic E-state index is 12.2. The lowest BCUT2D eigenvalue weighted by atomic mass is 10.2. The molecule has 0 bridgehead atoms. The van der Waals surface area contributed by atoms with Gasteiger partial charge in [-0.3, -0.25) is 4.79 Å². The van der Waals surface area contributed by atoms with Gasteiger partial charge in [0.25, 0.3) is 5.91 Å². The molecule has 0 atom stereocenters. The van der Waals surface area contributed by atoms with Crippen molar-refractivity contribution in [2.45, 2.75) is 0 Å². The second-order valence-electron chi connectivity index (χ2n) is 5.77. The Kier molecular flexibility index (Phi) is 6.69. The van der Waals surface area contributed by atoms with Crippen molar-refractivity contribution in [3.05, 3.63) is 58.6 Å². The summed E-state index contributed by atoms with van der Waals surface area (Å²) in [5, 5.41) is 5.41. The number of ether oxygens (including phenoxy) is 3. The summed E-state index contributed by atoms with van der Waals surface area (Å²) in [6.07, 6.45) is 0. The fourth-order valence-corrected chi connectivity index (χ4v) is 3.38. The van der Waals surface area contributed by atoms with E-state index in [9.17, 15) is 9.59 Å². The molecule has 0 aliphatic heterocycles. The monoisotopic (exact) mass is 432 g/mol. The molecule has 2 aromatic carbocycles. The van der Waals surface area contributed by atoms with Crippen molar-refractivity contribution in [2.24, 2.45) is 0 Å². The Morgan fingerprint density at radius 1 is 1.10 bits per heavy atom. The van der Waals surface area contributed by atoms with E-state index in [2.05, 4.69) is 10.3 Å². The van der Waals surface area contributed by atoms with Crippen LogP contribution in [-0.2, 0) is 9.53 Å². The largest absolute Gasteiger partial charge is 0.497 e. The Labute approximate surface area is 176 Å². The van der Waals surface area contributed by atoms with E-state index in [1.165, 1.54) is 25.6 Å². The van der Waals surface area contributed by atoms with Crippen molar-refractivity contribution in [2.75, 3.05) is 26.1 Å². The minimum Gasteiger partial charge on any atom is -0.497 e. The highest BCUT2D eigenvalue weighted by Gasteiger charge is 2.15. The van der Waals surface area contributed by atoms with E-state index in [0.29, 0.717) is 27.2 Å². The fourth-order valence-electron chi connectivity index (χ4n) is 2.40. The number of nitrogens with zero attached hydrogens (tertiary/aromatic N) is 1. The Bertz CT molecular complexity index is 1010. The summed E-state index contributed by atoms with van der Waals surface area (Å²) in [6, 6.07) is 12.1. The summed E-state index contributed by atoms with van der Waals surface area (Å²) in [5.41, 5.74) is 1.38. The van der Waals surface area contributed by atoms with Gasteiger partial charge in [-0.25, -0.2) is 9.78 Å². The molecular formula is C20H17ClN2O5S. The topological polar surface area (TPSA) is 86.8 Å². The molecule has 0 fully saturated rings. The molecule has 7 nitrogen and oxygen atoms in total. The van der Waals surface area contributed by atoms with Gasteiger partial charge in [0.05, 0.1) is 14.2 Å². The van der Waals surface area contributed by atoms with Crippen LogP contribution in [0.3, 0.4) is 0 Å². The molecule has 9 heteroatoms. The maximum absolute atomic E-state index is 12.2. The lowest BCUT2D eigenvalue weighted by molar-refractivity contribution is -0.119. The lowest BCUT2D eigenvalue weighted by Gasteiger charge is -2.10. The molecule has 0 aliphatic carbocycles. The normalized spacial score (nSPS) is 10.3. The van der Waals surface area contributed by atoms with Crippen LogP contribution >= 0.6 is 22.9 Å². The number of benzene rings is 2. The number of carbonyl (C=O) groups excluding carboxylic acids is 2. The molecule has 150 valence electrons. The molecular weight excluding hydrogens is 416 g/mol. The number of anilines is 1. The highest BCUT2D eigenvalue weighted by Crippen LogP contribution is 2.27. The minimum atomic E-state index is -0.687. The van der Waals surface area contributed by atoms with E-state index < -0.39 is 18.5 Å². The highest BCUT2D eigenvalue weighted by atomic mass is 35.5. The summed E-state index contributed by atoms with van der Waals surface area (Å²) in [5.74, 6) is -0.146. The van der Waals surface area contributed by atoms with Crippen LogP contribution in [0.5, 0.6) is 11.5 Å². The third kappa shape index (κ3) is 5.46. The first-order valence-corrected chi connectivity index (χ1v) is 9.66. The molecule has 3 aromatic rings. The number of aromatic nitrogens is 1.